The van der Waals surface area contributed by atoms with Crippen molar-refractivity contribution < 1.29 is 27.9 Å². The summed E-state index contributed by atoms with van der Waals surface area (Å²) in [6.07, 6.45) is 1.66. The van der Waals surface area contributed by atoms with Crippen LogP contribution in [0.2, 0.25) is 0 Å². The zero-order valence-electron chi connectivity index (χ0n) is 22.3. The van der Waals surface area contributed by atoms with Crippen molar-refractivity contribution in [2.45, 2.75) is 57.0 Å². The lowest BCUT2D eigenvalue weighted by Crippen LogP contribution is -2.53. The molecule has 1 aromatic carbocycles. The van der Waals surface area contributed by atoms with Gasteiger partial charge in [0, 0.05) is 30.4 Å². The molecule has 1 aromatic heterocycles. The smallest absolute Gasteiger partial charge is 0.241 e. The van der Waals surface area contributed by atoms with Gasteiger partial charge in [-0.05, 0) is 48.6 Å². The third-order valence-electron chi connectivity index (χ3n) is 8.25. The van der Waals surface area contributed by atoms with Crippen molar-refractivity contribution in [3.05, 3.63) is 40.9 Å². The average molecular weight is 564 g/mol. The second-order valence-electron chi connectivity index (χ2n) is 10.9. The lowest BCUT2D eigenvalue weighted by atomic mass is 9.53. The number of fused-ring (bicyclic) bond motifs is 2. The first-order chi connectivity index (χ1) is 18.0. The summed E-state index contributed by atoms with van der Waals surface area (Å²) in [5.41, 5.74) is 0.662. The molecule has 9 nitrogen and oxygen atoms in total. The zero-order valence-corrected chi connectivity index (χ0v) is 23.9. The molecule has 2 aromatic rings. The van der Waals surface area contributed by atoms with Crippen LogP contribution in [0.15, 0.2) is 35.2 Å². The number of aliphatic hydroxyl groups is 1. The minimum absolute atomic E-state index is 0.0806. The molecule has 1 fully saturated rings. The fourth-order valence-electron chi connectivity index (χ4n) is 6.27. The van der Waals surface area contributed by atoms with Gasteiger partial charge in [0.2, 0.25) is 11.8 Å². The minimum Gasteiger partial charge on any atom is -0.392 e. The topological polar surface area (TPSA) is 135 Å². The monoisotopic (exact) mass is 563 g/mol. The van der Waals surface area contributed by atoms with Crippen molar-refractivity contribution in [2.24, 2.45) is 23.2 Å². The van der Waals surface area contributed by atoms with E-state index in [1.54, 1.807) is 25.3 Å². The summed E-state index contributed by atoms with van der Waals surface area (Å²) in [5, 5.41) is 17.5. The fourth-order valence-corrected chi connectivity index (χ4v) is 8.71. The maximum atomic E-state index is 12.7. The van der Waals surface area contributed by atoms with Gasteiger partial charge in [0.05, 0.1) is 23.3 Å². The summed E-state index contributed by atoms with van der Waals surface area (Å²) in [6.45, 7) is 6.97. The van der Waals surface area contributed by atoms with Gasteiger partial charge in [-0.2, -0.15) is 0 Å². The highest BCUT2D eigenvalue weighted by Gasteiger charge is 2.53. The second kappa shape index (κ2) is 11.4. The third kappa shape index (κ3) is 5.80. The number of hydrogen-bond acceptors (Lipinski definition) is 8. The molecule has 0 aliphatic heterocycles. The summed E-state index contributed by atoms with van der Waals surface area (Å²) in [7, 11) is -2.18. The highest BCUT2D eigenvalue weighted by molar-refractivity contribution is 7.92. The molecule has 3 N–H and O–H groups in total. The van der Waals surface area contributed by atoms with E-state index in [4.69, 9.17) is 4.74 Å². The molecule has 38 heavy (non-hydrogen) atoms. The molecule has 6 atom stereocenters. The Morgan fingerprint density at radius 2 is 2.00 bits per heavy atom. The van der Waals surface area contributed by atoms with E-state index >= 15 is 0 Å². The molecule has 11 heteroatoms. The van der Waals surface area contributed by atoms with Crippen molar-refractivity contribution in [3.8, 4) is 0 Å². The van der Waals surface area contributed by atoms with E-state index in [1.807, 2.05) is 13.8 Å². The average Bonchev–Trinajstić information content (AvgIpc) is 3.25. The summed E-state index contributed by atoms with van der Waals surface area (Å²) in [4.78, 5) is 31.2. The maximum absolute atomic E-state index is 12.7. The van der Waals surface area contributed by atoms with Crippen LogP contribution in [-0.2, 0) is 30.6 Å². The Balaban J connectivity index is 1.47. The van der Waals surface area contributed by atoms with Gasteiger partial charge in [-0.15, -0.1) is 11.3 Å². The van der Waals surface area contributed by atoms with E-state index in [0.717, 1.165) is 23.4 Å². The number of methoxy groups -OCH3 is 1. The van der Waals surface area contributed by atoms with Crippen LogP contribution >= 0.6 is 11.3 Å². The van der Waals surface area contributed by atoms with Crippen molar-refractivity contribution in [1.82, 2.24) is 10.3 Å². The number of carbonyl (C=O) groups is 2. The summed E-state index contributed by atoms with van der Waals surface area (Å²) >= 11 is 1.37. The zero-order chi connectivity index (χ0) is 27.7. The van der Waals surface area contributed by atoms with Crippen LogP contribution in [0.1, 0.15) is 50.1 Å². The first kappa shape index (κ1) is 28.7. The lowest BCUT2D eigenvalue weighted by molar-refractivity contribution is -0.135. The van der Waals surface area contributed by atoms with Crippen molar-refractivity contribution in [3.63, 3.8) is 0 Å². The summed E-state index contributed by atoms with van der Waals surface area (Å²) in [6, 6.07) is 7.90. The second-order valence-corrected chi connectivity index (χ2v) is 13.9. The fraction of sp³-hybridized carbons (Fsp3) is 0.593. The van der Waals surface area contributed by atoms with Gasteiger partial charge in [0.15, 0.2) is 15.0 Å². The number of carbonyl (C=O) groups excluding carboxylic acids is 2. The Morgan fingerprint density at radius 1 is 1.29 bits per heavy atom. The lowest BCUT2D eigenvalue weighted by Gasteiger charge is -2.53. The van der Waals surface area contributed by atoms with Gasteiger partial charge in [0.1, 0.15) is 5.75 Å². The van der Waals surface area contributed by atoms with Crippen molar-refractivity contribution >= 4 is 38.1 Å². The molecule has 2 aliphatic carbocycles. The molecule has 208 valence electrons. The van der Waals surface area contributed by atoms with Crippen LogP contribution in [0.3, 0.4) is 0 Å². The van der Waals surface area contributed by atoms with Crippen LogP contribution in [0.5, 0.6) is 0 Å². The Hall–Kier alpha value is -2.34. The van der Waals surface area contributed by atoms with Crippen molar-refractivity contribution in [1.29, 1.82) is 0 Å². The largest absolute Gasteiger partial charge is 0.392 e. The Bertz CT molecular complexity index is 1260. The minimum atomic E-state index is -3.76. The summed E-state index contributed by atoms with van der Waals surface area (Å²) in [5.74, 6) is -2.06. The Kier molecular flexibility index (Phi) is 8.61. The van der Waals surface area contributed by atoms with E-state index in [2.05, 4.69) is 22.5 Å². The molecule has 4 rings (SSSR count). The van der Waals surface area contributed by atoms with Gasteiger partial charge in [0.25, 0.3) is 0 Å². The molecule has 0 saturated heterocycles. The quantitative estimate of drug-likeness (QED) is 0.399. The van der Waals surface area contributed by atoms with Gasteiger partial charge in [-0.1, -0.05) is 39.0 Å². The molecular formula is C27H37N3O6S2. The number of ether oxygens (including phenoxy) is 1. The predicted octanol–water partition coefficient (Wildman–Crippen LogP) is 3.01. The highest BCUT2D eigenvalue weighted by atomic mass is 32.2. The van der Waals surface area contributed by atoms with E-state index in [0.29, 0.717) is 24.7 Å². The van der Waals surface area contributed by atoms with Crippen LogP contribution in [0.25, 0.3) is 0 Å². The highest BCUT2D eigenvalue weighted by Crippen LogP contribution is 2.57. The molecule has 1 heterocycles. The number of amides is 2. The molecule has 2 amide bonds. The van der Waals surface area contributed by atoms with Crippen LogP contribution in [0, 0.1) is 23.2 Å². The number of benzene rings is 1. The SMILES string of the molecule is COCCNC(=O)[C@@H](C)[C@H]1CC[C@@]2(C)Cc3sc(NC(=O)CS(=O)(=O)c4ccccc4)nc3[C@@H](C)[C@@H]2[C@H]1O. The number of thiazole rings is 1. The third-order valence-corrected chi connectivity index (χ3v) is 10.9. The maximum Gasteiger partial charge on any atom is 0.241 e. The normalized spacial score (nSPS) is 27.6. The number of sulfone groups is 1. The van der Waals surface area contributed by atoms with Crippen LogP contribution < -0.4 is 10.6 Å². The van der Waals surface area contributed by atoms with E-state index in [-0.39, 0.29) is 39.9 Å². The van der Waals surface area contributed by atoms with Gasteiger partial charge < -0.3 is 20.5 Å². The molecule has 0 unspecified atom stereocenters. The molecule has 0 bridgehead atoms. The first-order valence-corrected chi connectivity index (χ1v) is 15.5. The first-order valence-electron chi connectivity index (χ1n) is 13.0. The van der Waals surface area contributed by atoms with Crippen molar-refractivity contribution in [2.75, 3.05) is 31.3 Å². The summed E-state index contributed by atoms with van der Waals surface area (Å²) < 4.78 is 30.2. The van der Waals surface area contributed by atoms with Gasteiger partial charge in [-0.3, -0.25) is 9.59 Å². The number of aromatic nitrogens is 1. The number of anilines is 1. The molecule has 0 spiro atoms. The van der Waals surface area contributed by atoms with Gasteiger partial charge >= 0.3 is 0 Å². The molecule has 2 aliphatic rings. The molecule has 0 radical (unpaired) electrons. The van der Waals surface area contributed by atoms with E-state index in [1.165, 1.54) is 23.5 Å². The number of rotatable bonds is 9. The molecular weight excluding hydrogens is 526 g/mol. The predicted molar refractivity (Wildman–Crippen MR) is 146 cm³/mol. The standard InChI is InChI=1S/C27H37N3O6S2/c1-16(25(33)28-12-13-36-4)19-10-11-27(3)14-20-23(17(2)22(27)24(19)32)30-26(37-20)29-21(31)15-38(34,35)18-8-6-5-7-9-18/h5-9,16-17,19,22,24,32H,10-15H2,1-4H3,(H,28,33)(H,29,30,31)/t16-,17-,19+,22+,24-,27-/m0/s1. The van der Waals surface area contributed by atoms with Crippen LogP contribution in [0.4, 0.5) is 5.13 Å². The van der Waals surface area contributed by atoms with Gasteiger partial charge in [-0.25, -0.2) is 13.4 Å². The number of hydrogen-bond donors (Lipinski definition) is 3. The van der Waals surface area contributed by atoms with E-state index < -0.39 is 27.6 Å². The Morgan fingerprint density at radius 3 is 2.68 bits per heavy atom. The molecule has 1 saturated carbocycles. The number of nitrogens with one attached hydrogen (secondary N) is 2. The number of aliphatic hydroxyl groups excluding tert-OH is 1. The van der Waals surface area contributed by atoms with E-state index in [9.17, 15) is 23.1 Å². The number of nitrogens with zero attached hydrogens (tertiary/aromatic N) is 1. The Labute approximate surface area is 228 Å². The van der Waals surface area contributed by atoms with Crippen LogP contribution in [-0.4, -0.2) is 62.4 Å².